The van der Waals surface area contributed by atoms with Crippen molar-refractivity contribution < 1.29 is 0 Å². The summed E-state index contributed by atoms with van der Waals surface area (Å²) in [5, 5.41) is 9.39. The highest BCUT2D eigenvalue weighted by atomic mass is 32.2. The summed E-state index contributed by atoms with van der Waals surface area (Å²) in [5.74, 6) is 0.792. The van der Waals surface area contributed by atoms with Crippen LogP contribution >= 0.6 is 11.8 Å². The number of nitrogens with zero attached hydrogens (tertiary/aromatic N) is 3. The predicted molar refractivity (Wildman–Crippen MR) is 96.2 cm³/mol. The molecule has 3 nitrogen and oxygen atoms in total. The third kappa shape index (κ3) is 3.85. The summed E-state index contributed by atoms with van der Waals surface area (Å²) in [4.78, 5) is 4.74. The van der Waals surface area contributed by atoms with Crippen molar-refractivity contribution in [1.29, 1.82) is 0 Å². The van der Waals surface area contributed by atoms with Crippen LogP contribution in [0.15, 0.2) is 78.0 Å². The number of hydrogen-bond donors (Lipinski definition) is 0. The summed E-state index contributed by atoms with van der Waals surface area (Å²) in [6.07, 6.45) is 0. The summed E-state index contributed by atoms with van der Waals surface area (Å²) in [7, 11) is 0. The van der Waals surface area contributed by atoms with Crippen LogP contribution in [0.3, 0.4) is 0 Å². The molecule has 0 unspecified atom stereocenters. The second-order valence-corrected chi connectivity index (χ2v) is 6.21. The third-order valence-corrected chi connectivity index (χ3v) is 4.28. The number of aromatic nitrogens is 3. The van der Waals surface area contributed by atoms with E-state index in [1.54, 1.807) is 11.8 Å². The normalized spacial score (nSPS) is 10.5. The fourth-order valence-electron chi connectivity index (χ4n) is 2.15. The van der Waals surface area contributed by atoms with Gasteiger partial charge >= 0.3 is 0 Å². The number of rotatable bonds is 5. The molecule has 0 N–H and O–H groups in total. The lowest BCUT2D eigenvalue weighted by Gasteiger charge is -2.09. The van der Waals surface area contributed by atoms with Gasteiger partial charge in [0.1, 0.15) is 11.4 Å². The van der Waals surface area contributed by atoms with Crippen LogP contribution in [0.25, 0.3) is 22.5 Å². The Kier molecular flexibility index (Phi) is 4.83. The molecule has 23 heavy (non-hydrogen) atoms. The standard InChI is InChI=1S/C19H17N3S/c1-14(2)13-23-19-20-17(15-9-5-3-6-10-15)18(21-22-19)16-11-7-4-8-12-16/h3-12H,1,13H2,2H3. The monoisotopic (exact) mass is 319 g/mol. The van der Waals surface area contributed by atoms with E-state index in [4.69, 9.17) is 4.98 Å². The van der Waals surface area contributed by atoms with E-state index < -0.39 is 0 Å². The van der Waals surface area contributed by atoms with E-state index in [-0.39, 0.29) is 0 Å². The molecular formula is C19H17N3S. The molecule has 0 spiro atoms. The third-order valence-electron chi connectivity index (χ3n) is 3.21. The van der Waals surface area contributed by atoms with E-state index in [1.165, 1.54) is 0 Å². The molecule has 3 aromatic rings. The highest BCUT2D eigenvalue weighted by Gasteiger charge is 2.13. The molecule has 0 saturated heterocycles. The van der Waals surface area contributed by atoms with Gasteiger partial charge in [0.15, 0.2) is 0 Å². The maximum absolute atomic E-state index is 4.74. The van der Waals surface area contributed by atoms with E-state index in [2.05, 4.69) is 16.8 Å². The summed E-state index contributed by atoms with van der Waals surface area (Å²) >= 11 is 1.56. The lowest BCUT2D eigenvalue weighted by molar-refractivity contribution is 0.851. The first kappa shape index (κ1) is 15.4. The molecule has 0 aliphatic carbocycles. The van der Waals surface area contributed by atoms with Crippen molar-refractivity contribution in [3.63, 3.8) is 0 Å². The average Bonchev–Trinajstić information content (AvgIpc) is 2.61. The van der Waals surface area contributed by atoms with Crippen molar-refractivity contribution in [2.45, 2.75) is 12.1 Å². The van der Waals surface area contributed by atoms with Gasteiger partial charge < -0.3 is 0 Å². The fraction of sp³-hybridized carbons (Fsp3) is 0.105. The van der Waals surface area contributed by atoms with E-state index >= 15 is 0 Å². The first-order chi connectivity index (χ1) is 11.2. The second kappa shape index (κ2) is 7.20. The molecule has 4 heteroatoms. The summed E-state index contributed by atoms with van der Waals surface area (Å²) in [6, 6.07) is 20.1. The van der Waals surface area contributed by atoms with Gasteiger partial charge in [-0.05, 0) is 6.92 Å². The number of benzene rings is 2. The second-order valence-electron chi connectivity index (χ2n) is 5.27. The van der Waals surface area contributed by atoms with Gasteiger partial charge in [-0.2, -0.15) is 0 Å². The maximum atomic E-state index is 4.74. The van der Waals surface area contributed by atoms with Gasteiger partial charge in [-0.3, -0.25) is 0 Å². The molecular weight excluding hydrogens is 302 g/mol. The van der Waals surface area contributed by atoms with Gasteiger partial charge in [-0.25, -0.2) is 4.98 Å². The van der Waals surface area contributed by atoms with E-state index in [9.17, 15) is 0 Å². The Bertz CT molecular complexity index is 801. The Balaban J connectivity index is 2.07. The van der Waals surface area contributed by atoms with Crippen LogP contribution in [0.4, 0.5) is 0 Å². The number of thioether (sulfide) groups is 1. The lowest BCUT2D eigenvalue weighted by atomic mass is 10.0. The topological polar surface area (TPSA) is 38.7 Å². The van der Waals surface area contributed by atoms with Gasteiger partial charge in [-0.1, -0.05) is 84.6 Å². The Hall–Kier alpha value is -2.46. The van der Waals surface area contributed by atoms with Crippen molar-refractivity contribution >= 4 is 11.8 Å². The SMILES string of the molecule is C=C(C)CSc1nnc(-c2ccccc2)c(-c2ccccc2)n1. The van der Waals surface area contributed by atoms with Crippen LogP contribution in [0.1, 0.15) is 6.92 Å². The lowest BCUT2D eigenvalue weighted by Crippen LogP contribution is -1.99. The van der Waals surface area contributed by atoms with Gasteiger partial charge in [0.2, 0.25) is 5.16 Å². The van der Waals surface area contributed by atoms with Crippen molar-refractivity contribution in [3.8, 4) is 22.5 Å². The first-order valence-corrected chi connectivity index (χ1v) is 8.35. The van der Waals surface area contributed by atoms with E-state index in [1.807, 2.05) is 67.6 Å². The maximum Gasteiger partial charge on any atom is 0.209 e. The predicted octanol–water partition coefficient (Wildman–Crippen LogP) is 4.87. The van der Waals surface area contributed by atoms with Crippen molar-refractivity contribution in [1.82, 2.24) is 15.2 Å². The Morgan fingerprint density at radius 1 is 0.870 bits per heavy atom. The number of hydrogen-bond acceptors (Lipinski definition) is 4. The van der Waals surface area contributed by atoms with Crippen molar-refractivity contribution in [3.05, 3.63) is 72.8 Å². The zero-order valence-electron chi connectivity index (χ0n) is 12.9. The minimum Gasteiger partial charge on any atom is -0.219 e. The summed E-state index contributed by atoms with van der Waals surface area (Å²) < 4.78 is 0. The smallest absolute Gasteiger partial charge is 0.209 e. The summed E-state index contributed by atoms with van der Waals surface area (Å²) in [5.41, 5.74) is 4.81. The molecule has 0 fully saturated rings. The van der Waals surface area contributed by atoms with Crippen LogP contribution in [0, 0.1) is 0 Å². The average molecular weight is 319 g/mol. The molecule has 2 aromatic carbocycles. The largest absolute Gasteiger partial charge is 0.219 e. The van der Waals surface area contributed by atoms with Crippen molar-refractivity contribution in [2.75, 3.05) is 5.75 Å². The van der Waals surface area contributed by atoms with E-state index in [0.29, 0.717) is 5.16 Å². The van der Waals surface area contributed by atoms with Crippen LogP contribution in [-0.2, 0) is 0 Å². The molecule has 0 bridgehead atoms. The minimum atomic E-state index is 0.673. The van der Waals surface area contributed by atoms with Crippen LogP contribution in [0.5, 0.6) is 0 Å². The Morgan fingerprint density at radius 2 is 1.43 bits per heavy atom. The highest BCUT2D eigenvalue weighted by molar-refractivity contribution is 7.99. The highest BCUT2D eigenvalue weighted by Crippen LogP contribution is 2.29. The molecule has 0 aliphatic rings. The Labute approximate surface area is 140 Å². The molecule has 3 rings (SSSR count). The molecule has 0 aliphatic heterocycles. The van der Waals surface area contributed by atoms with E-state index in [0.717, 1.165) is 33.8 Å². The van der Waals surface area contributed by atoms with Gasteiger partial charge in [0.05, 0.1) is 0 Å². The quantitative estimate of drug-likeness (QED) is 0.496. The van der Waals surface area contributed by atoms with Gasteiger partial charge in [0, 0.05) is 16.9 Å². The van der Waals surface area contributed by atoms with Crippen LogP contribution in [0.2, 0.25) is 0 Å². The molecule has 0 amide bonds. The molecule has 1 heterocycles. The summed E-state index contributed by atoms with van der Waals surface area (Å²) in [6.45, 7) is 5.92. The fourth-order valence-corrected chi connectivity index (χ4v) is 2.78. The van der Waals surface area contributed by atoms with Crippen LogP contribution < -0.4 is 0 Å². The van der Waals surface area contributed by atoms with Crippen LogP contribution in [-0.4, -0.2) is 20.9 Å². The Morgan fingerprint density at radius 3 is 2.00 bits per heavy atom. The molecule has 0 atom stereocenters. The molecule has 0 radical (unpaired) electrons. The minimum absolute atomic E-state index is 0.673. The van der Waals surface area contributed by atoms with Gasteiger partial charge in [-0.15, -0.1) is 10.2 Å². The zero-order valence-corrected chi connectivity index (χ0v) is 13.8. The first-order valence-electron chi connectivity index (χ1n) is 7.37. The molecule has 114 valence electrons. The van der Waals surface area contributed by atoms with Gasteiger partial charge in [0.25, 0.3) is 0 Å². The zero-order chi connectivity index (χ0) is 16.1. The van der Waals surface area contributed by atoms with Crippen molar-refractivity contribution in [2.24, 2.45) is 0 Å². The molecule has 0 saturated carbocycles. The molecule has 1 aromatic heterocycles.